The summed E-state index contributed by atoms with van der Waals surface area (Å²) in [6.07, 6.45) is 9.97. The highest BCUT2D eigenvalue weighted by molar-refractivity contribution is 5.86. The zero-order valence-electron chi connectivity index (χ0n) is 13.7. The first-order valence-electron chi connectivity index (χ1n) is 8.16. The van der Waals surface area contributed by atoms with E-state index in [4.69, 9.17) is 4.74 Å². The van der Waals surface area contributed by atoms with Crippen LogP contribution >= 0.6 is 0 Å². The highest BCUT2D eigenvalue weighted by atomic mass is 16.5. The minimum absolute atomic E-state index is 0.280. The van der Waals surface area contributed by atoms with Gasteiger partial charge in [0, 0.05) is 18.7 Å². The van der Waals surface area contributed by atoms with Crippen molar-refractivity contribution in [2.45, 2.75) is 72.1 Å². The average molecular weight is 283 g/mol. The minimum Gasteiger partial charge on any atom is -0.446 e. The molecule has 0 heterocycles. The predicted molar refractivity (Wildman–Crippen MR) is 85.6 cm³/mol. The van der Waals surface area contributed by atoms with Gasteiger partial charge in [0.2, 0.25) is 0 Å². The van der Waals surface area contributed by atoms with E-state index in [2.05, 4.69) is 25.3 Å². The molecular formula is C17H33NO2. The van der Waals surface area contributed by atoms with Gasteiger partial charge in [0.25, 0.3) is 0 Å². The van der Waals surface area contributed by atoms with Crippen LogP contribution in [0.15, 0.2) is 12.2 Å². The van der Waals surface area contributed by atoms with Gasteiger partial charge in [-0.3, -0.25) is 4.90 Å². The molecule has 0 radical (unpaired) electrons. The molecule has 0 atom stereocenters. The summed E-state index contributed by atoms with van der Waals surface area (Å²) in [4.78, 5) is 13.7. The van der Waals surface area contributed by atoms with Gasteiger partial charge in [-0.1, -0.05) is 59.0 Å². The standard InChI is InChI=1S/C17H33NO2/c1-5-7-9-11-13-18(14-12-10-8-6-2)15-20-17(19)16(3)4/h3,5-15H2,1-2,4H3. The molecule has 0 aliphatic carbocycles. The third-order valence-corrected chi connectivity index (χ3v) is 3.38. The normalized spacial score (nSPS) is 10.8. The van der Waals surface area contributed by atoms with Crippen LogP contribution in [0.4, 0.5) is 0 Å². The molecule has 0 saturated heterocycles. The van der Waals surface area contributed by atoms with Gasteiger partial charge in [-0.05, 0) is 19.8 Å². The SMILES string of the molecule is C=C(C)C(=O)OCN(CCCCCC)CCCCCC. The fourth-order valence-electron chi connectivity index (χ4n) is 2.04. The number of rotatable bonds is 13. The smallest absolute Gasteiger partial charge is 0.334 e. The number of esters is 1. The lowest BCUT2D eigenvalue weighted by Crippen LogP contribution is -2.30. The number of carbonyl (C=O) groups is 1. The first-order chi connectivity index (χ1) is 9.61. The molecule has 118 valence electrons. The van der Waals surface area contributed by atoms with Crippen molar-refractivity contribution in [1.29, 1.82) is 0 Å². The van der Waals surface area contributed by atoms with Crippen LogP contribution in [-0.2, 0) is 9.53 Å². The Hall–Kier alpha value is -0.830. The molecule has 0 aliphatic rings. The van der Waals surface area contributed by atoms with E-state index in [1.165, 1.54) is 51.4 Å². The fraction of sp³-hybridized carbons (Fsp3) is 0.824. The summed E-state index contributed by atoms with van der Waals surface area (Å²) >= 11 is 0. The van der Waals surface area contributed by atoms with Crippen molar-refractivity contribution in [2.24, 2.45) is 0 Å². The van der Waals surface area contributed by atoms with Crippen LogP contribution in [0.25, 0.3) is 0 Å². The summed E-state index contributed by atoms with van der Waals surface area (Å²) in [5.74, 6) is -0.280. The van der Waals surface area contributed by atoms with Crippen LogP contribution in [0.1, 0.15) is 72.1 Å². The van der Waals surface area contributed by atoms with Gasteiger partial charge < -0.3 is 4.74 Å². The molecule has 0 aromatic heterocycles. The molecule has 0 N–H and O–H groups in total. The van der Waals surface area contributed by atoms with Gasteiger partial charge in [-0.15, -0.1) is 0 Å². The molecule has 0 bridgehead atoms. The summed E-state index contributed by atoms with van der Waals surface area (Å²) in [7, 11) is 0. The number of unbranched alkanes of at least 4 members (excludes halogenated alkanes) is 6. The Balaban J connectivity index is 3.96. The second-order valence-electron chi connectivity index (χ2n) is 5.58. The van der Waals surface area contributed by atoms with Crippen LogP contribution in [0.3, 0.4) is 0 Å². The Morgan fingerprint density at radius 3 is 1.85 bits per heavy atom. The quantitative estimate of drug-likeness (QED) is 0.215. The van der Waals surface area contributed by atoms with Gasteiger partial charge in [0.15, 0.2) is 0 Å². The third-order valence-electron chi connectivity index (χ3n) is 3.38. The van der Waals surface area contributed by atoms with Crippen molar-refractivity contribution >= 4 is 5.97 Å². The maximum atomic E-state index is 11.5. The fourth-order valence-corrected chi connectivity index (χ4v) is 2.04. The van der Waals surface area contributed by atoms with Crippen molar-refractivity contribution in [3.63, 3.8) is 0 Å². The zero-order chi connectivity index (χ0) is 15.2. The van der Waals surface area contributed by atoms with E-state index in [0.717, 1.165) is 13.1 Å². The highest BCUT2D eigenvalue weighted by Gasteiger charge is 2.09. The Morgan fingerprint density at radius 2 is 1.45 bits per heavy atom. The largest absolute Gasteiger partial charge is 0.446 e. The van der Waals surface area contributed by atoms with E-state index in [-0.39, 0.29) is 5.97 Å². The lowest BCUT2D eigenvalue weighted by atomic mass is 10.2. The van der Waals surface area contributed by atoms with Crippen molar-refractivity contribution < 1.29 is 9.53 Å². The molecule has 0 spiro atoms. The van der Waals surface area contributed by atoms with Crippen LogP contribution in [0, 0.1) is 0 Å². The maximum absolute atomic E-state index is 11.5. The maximum Gasteiger partial charge on any atom is 0.334 e. The van der Waals surface area contributed by atoms with Gasteiger partial charge in [-0.25, -0.2) is 4.79 Å². The van der Waals surface area contributed by atoms with Crippen LogP contribution in [-0.4, -0.2) is 30.7 Å². The number of carbonyl (C=O) groups excluding carboxylic acids is 1. The molecule has 0 rings (SSSR count). The molecule has 3 nitrogen and oxygen atoms in total. The molecule has 0 saturated carbocycles. The highest BCUT2D eigenvalue weighted by Crippen LogP contribution is 2.06. The van der Waals surface area contributed by atoms with E-state index in [1.54, 1.807) is 6.92 Å². The van der Waals surface area contributed by atoms with Gasteiger partial charge in [0.1, 0.15) is 6.73 Å². The van der Waals surface area contributed by atoms with Crippen LogP contribution in [0.5, 0.6) is 0 Å². The van der Waals surface area contributed by atoms with E-state index >= 15 is 0 Å². The summed E-state index contributed by atoms with van der Waals surface area (Å²) in [6, 6.07) is 0. The molecule has 0 fully saturated rings. The van der Waals surface area contributed by atoms with E-state index < -0.39 is 0 Å². The second-order valence-corrected chi connectivity index (χ2v) is 5.58. The van der Waals surface area contributed by atoms with E-state index in [9.17, 15) is 4.79 Å². The van der Waals surface area contributed by atoms with Gasteiger partial charge in [0.05, 0.1) is 0 Å². The average Bonchev–Trinajstić information content (AvgIpc) is 2.43. The first kappa shape index (κ1) is 19.2. The monoisotopic (exact) mass is 283 g/mol. The summed E-state index contributed by atoms with van der Waals surface area (Å²) < 4.78 is 5.27. The Bertz CT molecular complexity index is 252. The Labute approximate surface area is 125 Å². The zero-order valence-corrected chi connectivity index (χ0v) is 13.7. The third kappa shape index (κ3) is 11.0. The van der Waals surface area contributed by atoms with Crippen LogP contribution in [0.2, 0.25) is 0 Å². The van der Waals surface area contributed by atoms with Crippen molar-refractivity contribution in [2.75, 3.05) is 19.8 Å². The number of hydrogen-bond acceptors (Lipinski definition) is 3. The molecule has 0 aromatic rings. The Morgan fingerprint density at radius 1 is 0.950 bits per heavy atom. The molecule has 0 unspecified atom stereocenters. The molecule has 20 heavy (non-hydrogen) atoms. The molecule has 0 amide bonds. The number of nitrogens with zero attached hydrogens (tertiary/aromatic N) is 1. The minimum atomic E-state index is -0.280. The molecular weight excluding hydrogens is 250 g/mol. The number of hydrogen-bond donors (Lipinski definition) is 0. The molecule has 0 aliphatic heterocycles. The van der Waals surface area contributed by atoms with Crippen molar-refractivity contribution in [3.8, 4) is 0 Å². The summed E-state index contributed by atoms with van der Waals surface area (Å²) in [5, 5.41) is 0. The second kappa shape index (κ2) is 13.2. The van der Waals surface area contributed by atoms with Gasteiger partial charge in [-0.2, -0.15) is 0 Å². The number of ether oxygens (including phenoxy) is 1. The predicted octanol–water partition coefficient (Wildman–Crippen LogP) is 4.53. The summed E-state index contributed by atoms with van der Waals surface area (Å²) in [6.45, 7) is 12.2. The van der Waals surface area contributed by atoms with Crippen LogP contribution < -0.4 is 0 Å². The molecule has 3 heteroatoms. The molecule has 0 aromatic carbocycles. The van der Waals surface area contributed by atoms with Crippen molar-refractivity contribution in [1.82, 2.24) is 4.90 Å². The summed E-state index contributed by atoms with van der Waals surface area (Å²) in [5.41, 5.74) is 0.474. The lowest BCUT2D eigenvalue weighted by Gasteiger charge is -2.22. The first-order valence-corrected chi connectivity index (χ1v) is 8.16. The van der Waals surface area contributed by atoms with E-state index in [1.807, 2.05) is 0 Å². The van der Waals surface area contributed by atoms with Gasteiger partial charge >= 0.3 is 5.97 Å². The Kier molecular flexibility index (Phi) is 12.6. The van der Waals surface area contributed by atoms with Crippen molar-refractivity contribution in [3.05, 3.63) is 12.2 Å². The van der Waals surface area contributed by atoms with E-state index in [0.29, 0.717) is 12.3 Å². The topological polar surface area (TPSA) is 29.5 Å². The lowest BCUT2D eigenvalue weighted by molar-refractivity contribution is -0.143.